The molecule has 0 fully saturated rings. The number of benzene rings is 2. The molecule has 0 spiro atoms. The molecule has 9 nitrogen and oxygen atoms in total. The maximum Gasteiger partial charge on any atom is 0.401 e. The van der Waals surface area contributed by atoms with Gasteiger partial charge in [-0.05, 0) is 29.8 Å². The Morgan fingerprint density at radius 3 is 2.65 bits per heavy atom. The zero-order valence-corrected chi connectivity index (χ0v) is 18.2. The SMILES string of the molecule is COCCOc1cccc(-n2nnc3cnc(Nc4ccc(CNCC(F)(F)F)cc4)nc32)c1. The van der Waals surface area contributed by atoms with Crippen molar-refractivity contribution in [2.75, 3.05) is 32.2 Å². The molecule has 0 saturated carbocycles. The lowest BCUT2D eigenvalue weighted by Crippen LogP contribution is -2.28. The molecule has 0 saturated heterocycles. The molecule has 2 N–H and O–H groups in total. The summed E-state index contributed by atoms with van der Waals surface area (Å²) in [6, 6.07) is 14.3. The average Bonchev–Trinajstić information content (AvgIpc) is 3.23. The molecule has 2 aromatic carbocycles. The molecule has 2 aromatic heterocycles. The number of alkyl halides is 3. The first-order valence-electron chi connectivity index (χ1n) is 10.4. The Morgan fingerprint density at radius 1 is 1.06 bits per heavy atom. The van der Waals surface area contributed by atoms with E-state index in [-0.39, 0.29) is 6.54 Å². The highest BCUT2D eigenvalue weighted by atomic mass is 19.4. The zero-order valence-electron chi connectivity index (χ0n) is 18.2. The molecule has 4 rings (SSSR count). The van der Waals surface area contributed by atoms with Crippen LogP contribution in [0.25, 0.3) is 16.9 Å². The summed E-state index contributed by atoms with van der Waals surface area (Å²) in [5.41, 5.74) is 3.15. The molecule has 0 aliphatic heterocycles. The van der Waals surface area contributed by atoms with Crippen LogP contribution < -0.4 is 15.4 Å². The summed E-state index contributed by atoms with van der Waals surface area (Å²) in [6.45, 7) is -0.0264. The number of hydrogen-bond donors (Lipinski definition) is 2. The Hall–Kier alpha value is -3.77. The molecule has 0 aliphatic carbocycles. The number of ether oxygens (including phenoxy) is 2. The van der Waals surface area contributed by atoms with E-state index in [0.717, 1.165) is 11.3 Å². The van der Waals surface area contributed by atoms with Gasteiger partial charge in [0.15, 0.2) is 11.2 Å². The van der Waals surface area contributed by atoms with Crippen LogP contribution in [0.3, 0.4) is 0 Å². The van der Waals surface area contributed by atoms with E-state index in [2.05, 4.69) is 30.9 Å². The topological polar surface area (TPSA) is 99.0 Å². The van der Waals surface area contributed by atoms with Crippen LogP contribution in [0.5, 0.6) is 5.75 Å². The lowest BCUT2D eigenvalue weighted by atomic mass is 10.2. The third kappa shape index (κ3) is 6.17. The van der Waals surface area contributed by atoms with Crippen LogP contribution >= 0.6 is 0 Å². The average molecular weight is 473 g/mol. The van der Waals surface area contributed by atoms with E-state index in [1.54, 1.807) is 42.3 Å². The minimum atomic E-state index is -4.24. The summed E-state index contributed by atoms with van der Waals surface area (Å²) in [5.74, 6) is 0.988. The number of anilines is 2. The Labute approximate surface area is 192 Å². The van der Waals surface area contributed by atoms with E-state index >= 15 is 0 Å². The third-order valence-electron chi connectivity index (χ3n) is 4.68. The predicted octanol–water partition coefficient (Wildman–Crippen LogP) is 3.63. The van der Waals surface area contributed by atoms with Gasteiger partial charge in [-0.25, -0.2) is 4.98 Å². The fourth-order valence-corrected chi connectivity index (χ4v) is 3.09. The first kappa shape index (κ1) is 23.4. The lowest BCUT2D eigenvalue weighted by molar-refractivity contribution is -0.125. The highest BCUT2D eigenvalue weighted by Crippen LogP contribution is 2.21. The minimum Gasteiger partial charge on any atom is -0.491 e. The van der Waals surface area contributed by atoms with Gasteiger partial charge in [0.1, 0.15) is 12.4 Å². The monoisotopic (exact) mass is 473 g/mol. The molecule has 34 heavy (non-hydrogen) atoms. The fraction of sp³-hybridized carbons (Fsp3) is 0.273. The maximum absolute atomic E-state index is 12.3. The van der Waals surface area contributed by atoms with Crippen LogP contribution in [0.4, 0.5) is 24.8 Å². The highest BCUT2D eigenvalue weighted by molar-refractivity contribution is 5.73. The second kappa shape index (κ2) is 10.4. The van der Waals surface area contributed by atoms with Crippen molar-refractivity contribution >= 4 is 22.8 Å². The van der Waals surface area contributed by atoms with Gasteiger partial charge in [-0.2, -0.15) is 22.8 Å². The van der Waals surface area contributed by atoms with Gasteiger partial charge in [-0.3, -0.25) is 0 Å². The molecule has 0 unspecified atom stereocenters. The molecule has 178 valence electrons. The number of nitrogens with one attached hydrogen (secondary N) is 2. The summed E-state index contributed by atoms with van der Waals surface area (Å²) >= 11 is 0. The van der Waals surface area contributed by atoms with Crippen LogP contribution in [0.1, 0.15) is 5.56 Å². The van der Waals surface area contributed by atoms with Gasteiger partial charge < -0.3 is 20.1 Å². The van der Waals surface area contributed by atoms with Crippen LogP contribution in [0.2, 0.25) is 0 Å². The molecule has 0 bridgehead atoms. The standard InChI is InChI=1S/C22H22F3N7O2/c1-33-9-10-34-18-4-2-3-17(11-18)32-20-19(30-31-32)13-27-21(29-20)28-16-7-5-15(6-8-16)12-26-14-22(23,24)25/h2-8,11,13,26H,9-10,12,14H2,1H3,(H,27,28,29). The van der Waals surface area contributed by atoms with Crippen LogP contribution in [-0.2, 0) is 11.3 Å². The number of hydrogen-bond acceptors (Lipinski definition) is 8. The van der Waals surface area contributed by atoms with Crippen molar-refractivity contribution in [1.29, 1.82) is 0 Å². The maximum atomic E-state index is 12.3. The first-order chi connectivity index (χ1) is 16.4. The summed E-state index contributed by atoms with van der Waals surface area (Å²) < 4.78 is 49.0. The Bertz CT molecular complexity index is 1230. The predicted molar refractivity (Wildman–Crippen MR) is 119 cm³/mol. The van der Waals surface area contributed by atoms with Crippen molar-refractivity contribution in [3.63, 3.8) is 0 Å². The van der Waals surface area contributed by atoms with Gasteiger partial charge >= 0.3 is 6.18 Å². The molecule has 4 aromatic rings. The third-order valence-corrected chi connectivity index (χ3v) is 4.68. The number of fused-ring (bicyclic) bond motifs is 1. The minimum absolute atomic E-state index is 0.112. The number of rotatable bonds is 10. The van der Waals surface area contributed by atoms with E-state index < -0.39 is 12.7 Å². The Morgan fingerprint density at radius 2 is 1.88 bits per heavy atom. The molecule has 12 heteroatoms. The van der Waals surface area contributed by atoms with Crippen molar-refractivity contribution in [1.82, 2.24) is 30.3 Å². The van der Waals surface area contributed by atoms with Gasteiger partial charge in [-0.15, -0.1) is 5.10 Å². The van der Waals surface area contributed by atoms with Gasteiger partial charge in [0.2, 0.25) is 5.95 Å². The van der Waals surface area contributed by atoms with E-state index in [0.29, 0.717) is 41.8 Å². The quantitative estimate of drug-likeness (QED) is 0.337. The van der Waals surface area contributed by atoms with Gasteiger partial charge in [0.25, 0.3) is 0 Å². The molecule has 2 heterocycles. The van der Waals surface area contributed by atoms with Crippen molar-refractivity contribution in [3.8, 4) is 11.4 Å². The number of methoxy groups -OCH3 is 1. The van der Waals surface area contributed by atoms with Crippen LogP contribution in [0, 0.1) is 0 Å². The first-order valence-corrected chi connectivity index (χ1v) is 10.4. The largest absolute Gasteiger partial charge is 0.491 e. The molecular weight excluding hydrogens is 451 g/mol. The smallest absolute Gasteiger partial charge is 0.401 e. The summed E-state index contributed by atoms with van der Waals surface area (Å²) in [5, 5.41) is 13.7. The normalized spacial score (nSPS) is 11.6. The molecular formula is C22H22F3N7O2. The summed E-state index contributed by atoms with van der Waals surface area (Å²) in [7, 11) is 1.61. The van der Waals surface area contributed by atoms with Crippen molar-refractivity contribution in [2.24, 2.45) is 0 Å². The Balaban J connectivity index is 1.47. The van der Waals surface area contributed by atoms with E-state index in [1.165, 1.54) is 0 Å². The van der Waals surface area contributed by atoms with Crippen LogP contribution in [-0.4, -0.2) is 58.0 Å². The van der Waals surface area contributed by atoms with Crippen LogP contribution in [0.15, 0.2) is 54.7 Å². The highest BCUT2D eigenvalue weighted by Gasteiger charge is 2.26. The lowest BCUT2D eigenvalue weighted by Gasteiger charge is -2.09. The number of halogens is 3. The van der Waals surface area contributed by atoms with Crippen molar-refractivity contribution in [3.05, 3.63) is 60.3 Å². The second-order valence-electron chi connectivity index (χ2n) is 7.28. The molecule has 0 atom stereocenters. The van der Waals surface area contributed by atoms with Crippen molar-refractivity contribution < 1.29 is 22.6 Å². The van der Waals surface area contributed by atoms with Crippen molar-refractivity contribution in [2.45, 2.75) is 12.7 Å². The fourth-order valence-electron chi connectivity index (χ4n) is 3.09. The second-order valence-corrected chi connectivity index (χ2v) is 7.28. The number of aromatic nitrogens is 5. The molecule has 0 amide bonds. The van der Waals surface area contributed by atoms with E-state index in [4.69, 9.17) is 9.47 Å². The van der Waals surface area contributed by atoms with Gasteiger partial charge in [-0.1, -0.05) is 23.4 Å². The summed E-state index contributed by atoms with van der Waals surface area (Å²) in [6.07, 6.45) is -2.68. The Kier molecular flexibility index (Phi) is 7.18. The summed E-state index contributed by atoms with van der Waals surface area (Å²) in [4.78, 5) is 8.79. The van der Waals surface area contributed by atoms with Gasteiger partial charge in [0.05, 0.1) is 25.0 Å². The number of nitrogens with zero attached hydrogens (tertiary/aromatic N) is 5. The van der Waals surface area contributed by atoms with E-state index in [9.17, 15) is 13.2 Å². The van der Waals surface area contributed by atoms with E-state index in [1.807, 2.05) is 24.3 Å². The molecule has 0 radical (unpaired) electrons. The van der Waals surface area contributed by atoms with Gasteiger partial charge in [0, 0.05) is 25.4 Å². The molecule has 0 aliphatic rings. The zero-order chi connectivity index (χ0) is 24.0.